The quantitative estimate of drug-likeness (QED) is 0.808. The predicted octanol–water partition coefficient (Wildman–Crippen LogP) is 3.63. The van der Waals surface area contributed by atoms with Crippen LogP contribution in [0.15, 0.2) is 18.2 Å². The van der Waals surface area contributed by atoms with E-state index in [-0.39, 0.29) is 11.8 Å². The van der Waals surface area contributed by atoms with Crippen molar-refractivity contribution in [1.82, 2.24) is 9.80 Å². The summed E-state index contributed by atoms with van der Waals surface area (Å²) in [4.78, 5) is 30.1. The summed E-state index contributed by atoms with van der Waals surface area (Å²) in [6, 6.07) is 6.41. The zero-order chi connectivity index (χ0) is 18.7. The number of hydrogen-bond acceptors (Lipinski definition) is 2. The van der Waals surface area contributed by atoms with E-state index in [9.17, 15) is 9.59 Å². The number of piperidine rings is 1. The van der Waals surface area contributed by atoms with E-state index < -0.39 is 5.54 Å². The zero-order valence-corrected chi connectivity index (χ0v) is 16.5. The van der Waals surface area contributed by atoms with Gasteiger partial charge in [-0.3, -0.25) is 9.59 Å². The van der Waals surface area contributed by atoms with Crippen molar-refractivity contribution < 1.29 is 9.59 Å². The fourth-order valence-corrected chi connectivity index (χ4v) is 4.78. The molecule has 0 N–H and O–H groups in total. The number of likely N-dealkylation sites (tertiary alicyclic amines) is 2. The maximum Gasteiger partial charge on any atom is 0.248 e. The summed E-state index contributed by atoms with van der Waals surface area (Å²) in [7, 11) is 0. The molecular formula is C22H32N2O2. The molecule has 2 aliphatic rings. The van der Waals surface area contributed by atoms with Gasteiger partial charge >= 0.3 is 0 Å². The third kappa shape index (κ3) is 3.51. The van der Waals surface area contributed by atoms with Gasteiger partial charge in [-0.25, -0.2) is 0 Å². The van der Waals surface area contributed by atoms with Gasteiger partial charge in [-0.1, -0.05) is 30.7 Å². The van der Waals surface area contributed by atoms with E-state index in [1.165, 1.54) is 16.7 Å². The molecule has 26 heavy (non-hydrogen) atoms. The first kappa shape index (κ1) is 18.9. The Labute approximate surface area is 157 Å². The van der Waals surface area contributed by atoms with E-state index in [1.54, 1.807) is 0 Å². The number of carbonyl (C=O) groups is 2. The highest BCUT2D eigenvalue weighted by molar-refractivity contribution is 5.92. The Morgan fingerprint density at radius 2 is 1.88 bits per heavy atom. The molecule has 3 rings (SSSR count). The molecule has 2 aliphatic heterocycles. The van der Waals surface area contributed by atoms with Crippen LogP contribution in [-0.4, -0.2) is 46.8 Å². The normalized spacial score (nSPS) is 23.1. The molecule has 1 aromatic rings. The maximum absolute atomic E-state index is 13.2. The fraction of sp³-hybridized carbons (Fsp3) is 0.636. The Morgan fingerprint density at radius 3 is 2.58 bits per heavy atom. The summed E-state index contributed by atoms with van der Waals surface area (Å²) in [6.45, 7) is 8.70. The molecule has 2 saturated heterocycles. The van der Waals surface area contributed by atoms with Crippen LogP contribution >= 0.6 is 0 Å². The molecule has 2 fully saturated rings. The monoisotopic (exact) mass is 356 g/mol. The van der Waals surface area contributed by atoms with Crippen molar-refractivity contribution in [2.24, 2.45) is 0 Å². The Hall–Kier alpha value is -1.84. The van der Waals surface area contributed by atoms with Crippen molar-refractivity contribution in [3.8, 4) is 0 Å². The molecule has 2 amide bonds. The van der Waals surface area contributed by atoms with Gasteiger partial charge < -0.3 is 9.80 Å². The molecule has 0 bridgehead atoms. The van der Waals surface area contributed by atoms with E-state index >= 15 is 0 Å². The van der Waals surface area contributed by atoms with Crippen LogP contribution in [0.1, 0.15) is 62.1 Å². The van der Waals surface area contributed by atoms with Gasteiger partial charge in [-0.15, -0.1) is 0 Å². The minimum absolute atomic E-state index is 0.147. The first-order valence-electron chi connectivity index (χ1n) is 10.1. The average molecular weight is 357 g/mol. The molecule has 4 heteroatoms. The number of amides is 2. The fourth-order valence-electron chi connectivity index (χ4n) is 4.78. The minimum atomic E-state index is -0.549. The number of carbonyl (C=O) groups excluding carboxylic acids is 2. The van der Waals surface area contributed by atoms with Crippen LogP contribution in [0.5, 0.6) is 0 Å². The van der Waals surface area contributed by atoms with E-state index in [2.05, 4.69) is 39.0 Å². The molecule has 1 atom stereocenters. The molecule has 0 saturated carbocycles. The summed E-state index contributed by atoms with van der Waals surface area (Å²) in [5.41, 5.74) is 3.18. The van der Waals surface area contributed by atoms with Crippen molar-refractivity contribution in [3.05, 3.63) is 34.9 Å². The van der Waals surface area contributed by atoms with Crippen LogP contribution in [0.2, 0.25) is 0 Å². The molecular weight excluding hydrogens is 324 g/mol. The highest BCUT2D eigenvalue weighted by Crippen LogP contribution is 2.38. The lowest BCUT2D eigenvalue weighted by molar-refractivity contribution is -0.155. The van der Waals surface area contributed by atoms with Crippen LogP contribution < -0.4 is 0 Å². The smallest absolute Gasteiger partial charge is 0.248 e. The summed E-state index contributed by atoms with van der Waals surface area (Å²) < 4.78 is 0. The first-order valence-corrected chi connectivity index (χ1v) is 10.1. The van der Waals surface area contributed by atoms with Gasteiger partial charge in [0.05, 0.1) is 0 Å². The molecule has 0 radical (unpaired) electrons. The zero-order valence-electron chi connectivity index (χ0n) is 16.5. The van der Waals surface area contributed by atoms with E-state index in [4.69, 9.17) is 0 Å². The van der Waals surface area contributed by atoms with Crippen molar-refractivity contribution >= 4 is 11.8 Å². The lowest BCUT2D eigenvalue weighted by Gasteiger charge is -2.44. The Morgan fingerprint density at radius 1 is 1.15 bits per heavy atom. The summed E-state index contributed by atoms with van der Waals surface area (Å²) in [6.07, 6.45) is 5.84. The van der Waals surface area contributed by atoms with Crippen LogP contribution in [0.25, 0.3) is 0 Å². The van der Waals surface area contributed by atoms with Gasteiger partial charge in [-0.05, 0) is 63.5 Å². The van der Waals surface area contributed by atoms with Gasteiger partial charge in [0.15, 0.2) is 0 Å². The Kier molecular flexibility index (Phi) is 5.69. The van der Waals surface area contributed by atoms with E-state index in [0.717, 1.165) is 58.2 Å². The second-order valence-electron chi connectivity index (χ2n) is 8.01. The maximum atomic E-state index is 13.2. The Balaban J connectivity index is 1.71. The van der Waals surface area contributed by atoms with Gasteiger partial charge in [0.2, 0.25) is 11.8 Å². The lowest BCUT2D eigenvalue weighted by atomic mass is 9.85. The van der Waals surface area contributed by atoms with Gasteiger partial charge in [0.25, 0.3) is 0 Å². The van der Waals surface area contributed by atoms with Crippen LogP contribution in [0, 0.1) is 13.8 Å². The number of hydrogen-bond donors (Lipinski definition) is 0. The van der Waals surface area contributed by atoms with Crippen LogP contribution in [0.4, 0.5) is 0 Å². The third-order valence-electron chi connectivity index (χ3n) is 6.09. The molecule has 1 spiro atoms. The van der Waals surface area contributed by atoms with Crippen LogP contribution in [0.3, 0.4) is 0 Å². The van der Waals surface area contributed by atoms with Crippen molar-refractivity contribution in [2.45, 2.75) is 71.3 Å². The number of nitrogens with zero attached hydrogens (tertiary/aromatic N) is 2. The summed E-state index contributed by atoms with van der Waals surface area (Å²) >= 11 is 0. The van der Waals surface area contributed by atoms with Gasteiger partial charge in [0, 0.05) is 26.1 Å². The van der Waals surface area contributed by atoms with E-state index in [1.807, 2.05) is 9.80 Å². The largest absolute Gasteiger partial charge is 0.341 e. The molecule has 0 aliphatic carbocycles. The molecule has 2 heterocycles. The van der Waals surface area contributed by atoms with Gasteiger partial charge in [-0.2, -0.15) is 0 Å². The molecule has 0 aromatic heterocycles. The SMILES string of the molecule is CCCN1CCCC2(CCCN2C(=O)CCc2ccc(C)cc2C)C1=O. The second-order valence-corrected chi connectivity index (χ2v) is 8.01. The highest BCUT2D eigenvalue weighted by Gasteiger charge is 2.52. The summed E-state index contributed by atoms with van der Waals surface area (Å²) in [5.74, 6) is 0.345. The number of aryl methyl sites for hydroxylation is 3. The van der Waals surface area contributed by atoms with Gasteiger partial charge in [0.1, 0.15) is 5.54 Å². The lowest BCUT2D eigenvalue weighted by Crippen LogP contribution is -2.61. The number of rotatable bonds is 5. The predicted molar refractivity (Wildman–Crippen MR) is 104 cm³/mol. The van der Waals surface area contributed by atoms with Crippen molar-refractivity contribution in [1.29, 1.82) is 0 Å². The molecule has 1 aromatic carbocycles. The molecule has 142 valence electrons. The third-order valence-corrected chi connectivity index (χ3v) is 6.09. The highest BCUT2D eigenvalue weighted by atomic mass is 16.2. The number of benzene rings is 1. The molecule has 1 unspecified atom stereocenters. The van der Waals surface area contributed by atoms with Crippen molar-refractivity contribution in [3.63, 3.8) is 0 Å². The molecule has 4 nitrogen and oxygen atoms in total. The topological polar surface area (TPSA) is 40.6 Å². The second kappa shape index (κ2) is 7.81. The first-order chi connectivity index (χ1) is 12.5. The van der Waals surface area contributed by atoms with Crippen molar-refractivity contribution in [2.75, 3.05) is 19.6 Å². The standard InChI is InChI=1S/C22H32N2O2/c1-4-13-23-14-5-11-22(21(23)26)12-6-15-24(22)20(25)10-9-19-8-7-17(2)16-18(19)3/h7-8,16H,4-6,9-15H2,1-3H3. The minimum Gasteiger partial charge on any atom is -0.341 e. The van der Waals surface area contributed by atoms with Crippen LogP contribution in [-0.2, 0) is 16.0 Å². The average Bonchev–Trinajstić information content (AvgIpc) is 3.03. The Bertz CT molecular complexity index is 683. The van der Waals surface area contributed by atoms with E-state index in [0.29, 0.717) is 6.42 Å². The summed E-state index contributed by atoms with van der Waals surface area (Å²) in [5, 5.41) is 0.